The van der Waals surface area contributed by atoms with E-state index in [-0.39, 0.29) is 17.3 Å². The summed E-state index contributed by atoms with van der Waals surface area (Å²) in [5.74, 6) is -0.611. The fourth-order valence-corrected chi connectivity index (χ4v) is 4.07. The van der Waals surface area contributed by atoms with Gasteiger partial charge in [-0.2, -0.15) is 17.0 Å². The van der Waals surface area contributed by atoms with E-state index in [2.05, 4.69) is 0 Å². The summed E-state index contributed by atoms with van der Waals surface area (Å²) in [4.78, 5) is 25.5. The predicted octanol–water partition coefficient (Wildman–Crippen LogP) is 1.66. The summed E-state index contributed by atoms with van der Waals surface area (Å²) in [6.07, 6.45) is 3.78. The number of nitrogens with zero attached hydrogens (tertiary/aromatic N) is 2. The minimum Gasteiger partial charge on any atom is -0.548 e. The first-order valence-corrected chi connectivity index (χ1v) is 10.2. The van der Waals surface area contributed by atoms with E-state index in [4.69, 9.17) is 22.2 Å². The van der Waals surface area contributed by atoms with E-state index in [1.807, 2.05) is 12.3 Å². The van der Waals surface area contributed by atoms with Gasteiger partial charge in [-0.15, -0.1) is 0 Å². The molecule has 0 unspecified atom stereocenters. The van der Waals surface area contributed by atoms with Crippen LogP contribution >= 0.6 is 35.7 Å². The monoisotopic (exact) mass is 407 g/mol. The highest BCUT2D eigenvalue weighted by atomic mass is 32.2. The number of amides is 1. The normalized spacial score (nSPS) is 16.6. The van der Waals surface area contributed by atoms with Crippen LogP contribution in [0.15, 0.2) is 29.2 Å². The maximum Gasteiger partial charge on any atom is 0.266 e. The maximum atomic E-state index is 12.6. The number of thiocarbonyl (C=S) groups is 1. The van der Waals surface area contributed by atoms with Gasteiger partial charge in [0.15, 0.2) is 6.61 Å². The van der Waals surface area contributed by atoms with Gasteiger partial charge in [-0.3, -0.25) is 9.69 Å². The van der Waals surface area contributed by atoms with Crippen LogP contribution in [0, 0.1) is 11.3 Å². The molecule has 136 valence electrons. The molecule has 0 bridgehead atoms. The Balaban J connectivity index is 2.17. The van der Waals surface area contributed by atoms with Crippen LogP contribution in [0.2, 0.25) is 0 Å². The van der Waals surface area contributed by atoms with Crippen molar-refractivity contribution in [3.63, 3.8) is 0 Å². The van der Waals surface area contributed by atoms with Crippen molar-refractivity contribution < 1.29 is 19.4 Å². The quantitative estimate of drug-likeness (QED) is 0.474. The van der Waals surface area contributed by atoms with Crippen LogP contribution in [0.4, 0.5) is 0 Å². The average molecular weight is 408 g/mol. The second-order valence-corrected chi connectivity index (χ2v) is 7.85. The number of thioether (sulfide) groups is 2. The minimum absolute atomic E-state index is 0.0430. The molecule has 0 N–H and O–H groups in total. The zero-order valence-corrected chi connectivity index (χ0v) is 16.3. The molecule has 9 heteroatoms. The van der Waals surface area contributed by atoms with E-state index in [0.29, 0.717) is 16.4 Å². The van der Waals surface area contributed by atoms with Crippen LogP contribution in [0.5, 0.6) is 5.75 Å². The molecule has 1 fully saturated rings. The number of carboxylic acids is 1. The number of rotatable bonds is 8. The van der Waals surface area contributed by atoms with Gasteiger partial charge in [0.05, 0.1) is 16.9 Å². The Morgan fingerprint density at radius 1 is 1.50 bits per heavy atom. The number of ether oxygens (including phenoxy) is 1. The zero-order chi connectivity index (χ0) is 19.1. The first-order valence-electron chi connectivity index (χ1n) is 7.54. The molecule has 1 saturated heterocycles. The Hall–Kier alpha value is -2.02. The summed E-state index contributed by atoms with van der Waals surface area (Å²) in [5.41, 5.74) is 0.740. The smallest absolute Gasteiger partial charge is 0.266 e. The van der Waals surface area contributed by atoms with Crippen LogP contribution in [0.3, 0.4) is 0 Å². The zero-order valence-electron chi connectivity index (χ0n) is 13.8. The summed E-state index contributed by atoms with van der Waals surface area (Å²) in [6.45, 7) is -0.0430. The second kappa shape index (κ2) is 9.62. The van der Waals surface area contributed by atoms with Crippen molar-refractivity contribution >= 4 is 58.0 Å². The molecule has 0 saturated carbocycles. The Morgan fingerprint density at radius 3 is 2.77 bits per heavy atom. The molecule has 6 nitrogen and oxygen atoms in total. The number of benzene rings is 1. The molecule has 1 aromatic carbocycles. The Labute approximate surface area is 165 Å². The number of aliphatic carboxylic acids is 1. The topological polar surface area (TPSA) is 93.5 Å². The van der Waals surface area contributed by atoms with Gasteiger partial charge in [-0.1, -0.05) is 36.1 Å². The van der Waals surface area contributed by atoms with E-state index >= 15 is 0 Å². The van der Waals surface area contributed by atoms with Crippen LogP contribution in [-0.4, -0.2) is 45.8 Å². The van der Waals surface area contributed by atoms with Crippen LogP contribution in [0.1, 0.15) is 12.0 Å². The van der Waals surface area contributed by atoms with Gasteiger partial charge in [-0.25, -0.2) is 0 Å². The number of hydrogen-bond donors (Lipinski definition) is 0. The molecule has 1 aliphatic heterocycles. The number of carboxylic acid groups (broad SMARTS) is 1. The van der Waals surface area contributed by atoms with Gasteiger partial charge in [-0.05, 0) is 42.2 Å². The number of carbonyl (C=O) groups is 2. The fourth-order valence-electron chi connectivity index (χ4n) is 2.26. The highest BCUT2D eigenvalue weighted by Crippen LogP contribution is 2.34. The predicted molar refractivity (Wildman–Crippen MR) is 104 cm³/mol. The maximum absolute atomic E-state index is 12.6. The van der Waals surface area contributed by atoms with Crippen LogP contribution < -0.4 is 9.84 Å². The van der Waals surface area contributed by atoms with E-state index in [1.165, 1.54) is 11.8 Å². The Bertz CT molecular complexity index is 771. The van der Waals surface area contributed by atoms with Crippen molar-refractivity contribution in [1.29, 1.82) is 5.26 Å². The molecule has 0 spiro atoms. The third-order valence-corrected chi connectivity index (χ3v) is 5.46. The van der Waals surface area contributed by atoms with Crippen molar-refractivity contribution in [3.8, 4) is 11.8 Å². The first-order chi connectivity index (χ1) is 12.5. The lowest BCUT2D eigenvalue weighted by atomic mass is 10.1. The highest BCUT2D eigenvalue weighted by molar-refractivity contribution is 8.26. The molecule has 0 aliphatic carbocycles. The molecule has 1 heterocycles. The molecule has 1 atom stereocenters. The summed E-state index contributed by atoms with van der Waals surface area (Å²) in [7, 11) is 0. The van der Waals surface area contributed by atoms with E-state index in [1.54, 1.807) is 30.3 Å². The standard InChI is InChI=1S/C17H16N2O4S3/c1-25-9-6-13(16(21)22)19-15(20)14(26-17(19)24)10-11-2-4-12(5-3-11)23-8-7-18/h2-5,10,13H,6,8-9H2,1H3,(H,21,22)/p-1/b14-10+/t13-/m0/s1. The van der Waals surface area contributed by atoms with E-state index < -0.39 is 17.9 Å². The highest BCUT2D eigenvalue weighted by Gasteiger charge is 2.37. The number of carbonyl (C=O) groups excluding carboxylic acids is 2. The SMILES string of the molecule is CSCC[C@@H](C(=O)[O-])N1C(=O)/C(=C\c2ccc(OCC#N)cc2)SC1=S. The third-order valence-electron chi connectivity index (χ3n) is 3.48. The van der Waals surface area contributed by atoms with Gasteiger partial charge in [0.2, 0.25) is 0 Å². The van der Waals surface area contributed by atoms with Crippen molar-refractivity contribution in [2.75, 3.05) is 18.6 Å². The molecule has 1 amide bonds. The number of nitriles is 1. The van der Waals surface area contributed by atoms with Gasteiger partial charge in [0, 0.05) is 0 Å². The average Bonchev–Trinajstić information content (AvgIpc) is 2.89. The van der Waals surface area contributed by atoms with Crippen molar-refractivity contribution in [2.45, 2.75) is 12.5 Å². The van der Waals surface area contributed by atoms with Crippen molar-refractivity contribution in [1.82, 2.24) is 4.90 Å². The number of hydrogen-bond acceptors (Lipinski definition) is 8. The van der Waals surface area contributed by atoms with Crippen LogP contribution in [0.25, 0.3) is 6.08 Å². The minimum atomic E-state index is -1.31. The molecular weight excluding hydrogens is 392 g/mol. The van der Waals surface area contributed by atoms with Gasteiger partial charge in [0.1, 0.15) is 16.1 Å². The lowest BCUT2D eigenvalue weighted by Gasteiger charge is -2.27. The van der Waals surface area contributed by atoms with Crippen molar-refractivity contribution in [3.05, 3.63) is 34.7 Å². The third kappa shape index (κ3) is 5.00. The molecular formula is C17H15N2O4S3-. The van der Waals surface area contributed by atoms with Gasteiger partial charge in [0.25, 0.3) is 5.91 Å². The summed E-state index contributed by atoms with van der Waals surface area (Å²) >= 11 is 7.77. The molecule has 1 aromatic rings. The summed E-state index contributed by atoms with van der Waals surface area (Å²) in [6, 6.07) is 7.67. The molecule has 1 aliphatic rings. The van der Waals surface area contributed by atoms with E-state index in [9.17, 15) is 14.7 Å². The lowest BCUT2D eigenvalue weighted by molar-refractivity contribution is -0.310. The Kier molecular flexibility index (Phi) is 7.50. The first kappa shape index (κ1) is 20.3. The molecule has 0 radical (unpaired) electrons. The summed E-state index contributed by atoms with van der Waals surface area (Å²) in [5, 5.41) is 19.9. The van der Waals surface area contributed by atoms with E-state index in [0.717, 1.165) is 22.2 Å². The summed E-state index contributed by atoms with van der Waals surface area (Å²) < 4.78 is 5.39. The molecule has 26 heavy (non-hydrogen) atoms. The van der Waals surface area contributed by atoms with Gasteiger partial charge < -0.3 is 14.6 Å². The van der Waals surface area contributed by atoms with Crippen molar-refractivity contribution in [2.24, 2.45) is 0 Å². The molecule has 0 aromatic heterocycles. The lowest BCUT2D eigenvalue weighted by Crippen LogP contribution is -2.50. The fraction of sp³-hybridized carbons (Fsp3) is 0.294. The molecule has 2 rings (SSSR count). The largest absolute Gasteiger partial charge is 0.548 e. The van der Waals surface area contributed by atoms with Crippen LogP contribution in [-0.2, 0) is 9.59 Å². The van der Waals surface area contributed by atoms with Gasteiger partial charge >= 0.3 is 0 Å². The Morgan fingerprint density at radius 2 is 2.19 bits per heavy atom. The second-order valence-electron chi connectivity index (χ2n) is 5.18.